The number of fused-ring (bicyclic) bond motifs is 1. The molecule has 0 aliphatic rings. The van der Waals surface area contributed by atoms with Gasteiger partial charge >= 0.3 is 0 Å². The summed E-state index contributed by atoms with van der Waals surface area (Å²) in [5, 5.41) is 2.49. The van der Waals surface area contributed by atoms with Crippen LogP contribution in [0.3, 0.4) is 0 Å². The molecule has 5 aromatic carbocycles. The van der Waals surface area contributed by atoms with Crippen LogP contribution in [-0.2, 0) is 0 Å². The molecule has 172 valence electrons. The van der Waals surface area contributed by atoms with Crippen LogP contribution in [0.25, 0.3) is 44.4 Å². The van der Waals surface area contributed by atoms with Crippen molar-refractivity contribution in [3.05, 3.63) is 140 Å². The molecule has 6 aromatic rings. The average molecular weight is 463 g/mol. The SMILES string of the molecule is CN(c1cccc(-c2cc(-c3ccccc3)nc(-c3ccccc3)c2)c1)c1cccc2ccccc12. The van der Waals surface area contributed by atoms with E-state index in [4.69, 9.17) is 4.98 Å². The van der Waals surface area contributed by atoms with Gasteiger partial charge in [0.2, 0.25) is 0 Å². The number of hydrogen-bond acceptors (Lipinski definition) is 2. The molecule has 0 aliphatic carbocycles. The van der Waals surface area contributed by atoms with Gasteiger partial charge < -0.3 is 4.90 Å². The molecule has 0 atom stereocenters. The molecule has 1 aromatic heterocycles. The first-order valence-corrected chi connectivity index (χ1v) is 12.2. The third kappa shape index (κ3) is 4.25. The van der Waals surface area contributed by atoms with Crippen LogP contribution in [0.5, 0.6) is 0 Å². The van der Waals surface area contributed by atoms with Crippen molar-refractivity contribution >= 4 is 22.1 Å². The summed E-state index contributed by atoms with van der Waals surface area (Å²) in [5.41, 5.74) is 8.81. The van der Waals surface area contributed by atoms with Crippen molar-refractivity contribution in [3.63, 3.8) is 0 Å². The molecular formula is C34H26N2. The Morgan fingerprint density at radius 2 is 1.03 bits per heavy atom. The maximum atomic E-state index is 5.03. The lowest BCUT2D eigenvalue weighted by atomic mass is 9.99. The number of benzene rings is 5. The Bertz CT molecular complexity index is 1580. The molecule has 0 radical (unpaired) electrons. The smallest absolute Gasteiger partial charge is 0.0715 e. The minimum Gasteiger partial charge on any atom is -0.344 e. The molecule has 0 saturated carbocycles. The zero-order valence-electron chi connectivity index (χ0n) is 20.2. The zero-order valence-corrected chi connectivity index (χ0v) is 20.2. The summed E-state index contributed by atoms with van der Waals surface area (Å²) in [4.78, 5) is 7.30. The van der Waals surface area contributed by atoms with E-state index in [0.29, 0.717) is 0 Å². The summed E-state index contributed by atoms with van der Waals surface area (Å²) in [6.45, 7) is 0. The van der Waals surface area contributed by atoms with E-state index >= 15 is 0 Å². The summed E-state index contributed by atoms with van der Waals surface area (Å²) in [6, 6.07) is 48.9. The molecule has 36 heavy (non-hydrogen) atoms. The van der Waals surface area contributed by atoms with E-state index in [0.717, 1.165) is 39.3 Å². The quantitative estimate of drug-likeness (QED) is 0.254. The highest BCUT2D eigenvalue weighted by Crippen LogP contribution is 2.35. The second kappa shape index (κ2) is 9.52. The highest BCUT2D eigenvalue weighted by molar-refractivity contribution is 5.96. The van der Waals surface area contributed by atoms with Gasteiger partial charge in [-0.05, 0) is 46.8 Å². The van der Waals surface area contributed by atoms with Crippen molar-refractivity contribution < 1.29 is 0 Å². The summed E-state index contributed by atoms with van der Waals surface area (Å²) in [6.07, 6.45) is 0. The third-order valence-electron chi connectivity index (χ3n) is 6.66. The fraction of sp³-hybridized carbons (Fsp3) is 0.0294. The third-order valence-corrected chi connectivity index (χ3v) is 6.66. The Hall–Kier alpha value is -4.69. The van der Waals surface area contributed by atoms with Crippen LogP contribution in [0.1, 0.15) is 0 Å². The highest BCUT2D eigenvalue weighted by Gasteiger charge is 2.12. The van der Waals surface area contributed by atoms with Crippen molar-refractivity contribution in [3.8, 4) is 33.6 Å². The lowest BCUT2D eigenvalue weighted by molar-refractivity contribution is 1.22. The minimum atomic E-state index is 0.972. The van der Waals surface area contributed by atoms with Crippen molar-refractivity contribution in [1.82, 2.24) is 4.98 Å². The number of rotatable bonds is 5. The maximum Gasteiger partial charge on any atom is 0.0715 e. The molecule has 2 nitrogen and oxygen atoms in total. The standard InChI is InChI=1S/C34H26N2/c1-36(34-21-11-17-25-12-8-9-20-31(25)34)30-19-10-18-28(22-30)29-23-32(26-13-4-2-5-14-26)35-33(24-29)27-15-6-3-7-16-27/h2-24H,1H3. The molecule has 0 spiro atoms. The van der Waals surface area contributed by atoms with E-state index < -0.39 is 0 Å². The second-order valence-corrected chi connectivity index (χ2v) is 8.97. The first kappa shape index (κ1) is 21.8. The van der Waals surface area contributed by atoms with Crippen molar-refractivity contribution in [2.75, 3.05) is 11.9 Å². The lowest BCUT2D eigenvalue weighted by Gasteiger charge is -2.22. The Kier molecular flexibility index (Phi) is 5.77. The molecule has 0 bridgehead atoms. The number of nitrogens with zero attached hydrogens (tertiary/aromatic N) is 2. The molecule has 0 fully saturated rings. The zero-order chi connectivity index (χ0) is 24.3. The van der Waals surface area contributed by atoms with E-state index in [9.17, 15) is 0 Å². The van der Waals surface area contributed by atoms with Gasteiger partial charge in [-0.1, -0.05) is 109 Å². The van der Waals surface area contributed by atoms with Crippen LogP contribution in [0, 0.1) is 0 Å². The molecule has 0 N–H and O–H groups in total. The molecule has 0 unspecified atom stereocenters. The number of anilines is 2. The molecule has 1 heterocycles. The van der Waals surface area contributed by atoms with E-state index in [1.807, 2.05) is 12.1 Å². The van der Waals surface area contributed by atoms with E-state index in [2.05, 4.69) is 139 Å². The van der Waals surface area contributed by atoms with Crippen LogP contribution < -0.4 is 4.90 Å². The van der Waals surface area contributed by atoms with Gasteiger partial charge in [-0.2, -0.15) is 0 Å². The topological polar surface area (TPSA) is 16.1 Å². The van der Waals surface area contributed by atoms with Crippen LogP contribution in [0.4, 0.5) is 11.4 Å². The van der Waals surface area contributed by atoms with Gasteiger partial charge in [-0.25, -0.2) is 4.98 Å². The fourth-order valence-corrected chi connectivity index (χ4v) is 4.74. The largest absolute Gasteiger partial charge is 0.344 e. The van der Waals surface area contributed by atoms with Gasteiger partial charge in [0.15, 0.2) is 0 Å². The second-order valence-electron chi connectivity index (χ2n) is 8.97. The van der Waals surface area contributed by atoms with Crippen LogP contribution in [0.15, 0.2) is 140 Å². The summed E-state index contributed by atoms with van der Waals surface area (Å²) in [5.74, 6) is 0. The summed E-state index contributed by atoms with van der Waals surface area (Å²) >= 11 is 0. The minimum absolute atomic E-state index is 0.972. The van der Waals surface area contributed by atoms with Crippen molar-refractivity contribution in [2.24, 2.45) is 0 Å². The molecule has 0 aliphatic heterocycles. The lowest BCUT2D eigenvalue weighted by Crippen LogP contribution is -2.09. The average Bonchev–Trinajstić information content (AvgIpc) is 2.97. The maximum absolute atomic E-state index is 5.03. The van der Waals surface area contributed by atoms with Gasteiger partial charge in [0, 0.05) is 34.9 Å². The molecule has 6 rings (SSSR count). The van der Waals surface area contributed by atoms with Crippen molar-refractivity contribution in [2.45, 2.75) is 0 Å². The Labute approximate surface area is 212 Å². The molecule has 0 amide bonds. The summed E-state index contributed by atoms with van der Waals surface area (Å²) in [7, 11) is 2.14. The van der Waals surface area contributed by atoms with Gasteiger partial charge in [-0.15, -0.1) is 0 Å². The Morgan fingerprint density at radius 3 is 1.72 bits per heavy atom. The number of pyridine rings is 1. The van der Waals surface area contributed by atoms with E-state index in [1.54, 1.807) is 0 Å². The molecular weight excluding hydrogens is 436 g/mol. The fourth-order valence-electron chi connectivity index (χ4n) is 4.74. The first-order valence-electron chi connectivity index (χ1n) is 12.2. The van der Waals surface area contributed by atoms with Crippen LogP contribution in [0.2, 0.25) is 0 Å². The first-order chi connectivity index (χ1) is 17.8. The predicted octanol–water partition coefficient (Wildman–Crippen LogP) is 9.00. The normalized spacial score (nSPS) is 10.9. The van der Waals surface area contributed by atoms with E-state index in [1.165, 1.54) is 16.5 Å². The molecule has 2 heteroatoms. The van der Waals surface area contributed by atoms with Crippen molar-refractivity contribution in [1.29, 1.82) is 0 Å². The highest BCUT2D eigenvalue weighted by atomic mass is 15.1. The Morgan fingerprint density at radius 1 is 0.472 bits per heavy atom. The number of aromatic nitrogens is 1. The van der Waals surface area contributed by atoms with Gasteiger partial charge in [0.1, 0.15) is 0 Å². The van der Waals surface area contributed by atoms with Crippen LogP contribution >= 0.6 is 0 Å². The number of hydrogen-bond donors (Lipinski definition) is 0. The predicted molar refractivity (Wildman–Crippen MR) is 153 cm³/mol. The van der Waals surface area contributed by atoms with Crippen LogP contribution in [-0.4, -0.2) is 12.0 Å². The van der Waals surface area contributed by atoms with Gasteiger partial charge in [-0.3, -0.25) is 0 Å². The van der Waals surface area contributed by atoms with E-state index in [-0.39, 0.29) is 0 Å². The molecule has 0 saturated heterocycles. The Balaban J connectivity index is 1.46. The van der Waals surface area contributed by atoms with Gasteiger partial charge in [0.05, 0.1) is 11.4 Å². The van der Waals surface area contributed by atoms with Gasteiger partial charge in [0.25, 0.3) is 0 Å². The monoisotopic (exact) mass is 462 g/mol. The summed E-state index contributed by atoms with van der Waals surface area (Å²) < 4.78 is 0.